The maximum Gasteiger partial charge on any atom is 0.306 e. The van der Waals surface area contributed by atoms with Crippen molar-refractivity contribution in [1.29, 1.82) is 0 Å². The molecule has 0 bridgehead atoms. The molecule has 1 rings (SSSR count). The van der Waals surface area contributed by atoms with Gasteiger partial charge in [0.2, 0.25) is 5.91 Å². The van der Waals surface area contributed by atoms with E-state index in [0.29, 0.717) is 19.5 Å². The number of carbonyl (C=O) groups is 2. The van der Waals surface area contributed by atoms with Crippen LogP contribution in [0.5, 0.6) is 0 Å². The predicted octanol–water partition coefficient (Wildman–Crippen LogP) is 0.884. The van der Waals surface area contributed by atoms with Gasteiger partial charge in [-0.15, -0.1) is 0 Å². The Morgan fingerprint density at radius 2 is 1.89 bits per heavy atom. The van der Waals surface area contributed by atoms with E-state index in [-0.39, 0.29) is 11.9 Å². The standard InChI is InChI=1S/C13H24N2O3/c1-3-14(10-7-13(17)18-2)11-12(16)15-8-5-4-6-9-15/h3-11H2,1-2H3. The Labute approximate surface area is 109 Å². The van der Waals surface area contributed by atoms with Gasteiger partial charge in [-0.25, -0.2) is 0 Å². The van der Waals surface area contributed by atoms with E-state index in [0.717, 1.165) is 32.5 Å². The van der Waals surface area contributed by atoms with Gasteiger partial charge in [-0.1, -0.05) is 6.92 Å². The molecular formula is C13H24N2O3. The fourth-order valence-corrected chi connectivity index (χ4v) is 2.14. The number of amides is 1. The number of likely N-dealkylation sites (N-methyl/N-ethyl adjacent to an activating group) is 1. The lowest BCUT2D eigenvalue weighted by atomic mass is 10.1. The van der Waals surface area contributed by atoms with Crippen LogP contribution in [0.3, 0.4) is 0 Å². The molecule has 0 N–H and O–H groups in total. The zero-order valence-corrected chi connectivity index (χ0v) is 11.5. The molecule has 1 saturated heterocycles. The Balaban J connectivity index is 2.32. The highest BCUT2D eigenvalue weighted by Gasteiger charge is 2.18. The molecule has 0 spiro atoms. The van der Waals surface area contributed by atoms with Gasteiger partial charge in [0.1, 0.15) is 0 Å². The van der Waals surface area contributed by atoms with Crippen LogP contribution in [0.4, 0.5) is 0 Å². The van der Waals surface area contributed by atoms with Crippen LogP contribution in [0.2, 0.25) is 0 Å². The summed E-state index contributed by atoms with van der Waals surface area (Å²) >= 11 is 0. The van der Waals surface area contributed by atoms with Crippen LogP contribution in [0.25, 0.3) is 0 Å². The highest BCUT2D eigenvalue weighted by molar-refractivity contribution is 5.78. The van der Waals surface area contributed by atoms with E-state index in [4.69, 9.17) is 0 Å². The number of hydrogen-bond donors (Lipinski definition) is 0. The first-order chi connectivity index (χ1) is 8.67. The molecule has 0 saturated carbocycles. The first kappa shape index (κ1) is 15.0. The van der Waals surface area contributed by atoms with Gasteiger partial charge in [-0.05, 0) is 25.8 Å². The van der Waals surface area contributed by atoms with Crippen LogP contribution in [-0.2, 0) is 14.3 Å². The number of carbonyl (C=O) groups excluding carboxylic acids is 2. The van der Waals surface area contributed by atoms with Crippen molar-refractivity contribution < 1.29 is 14.3 Å². The third kappa shape index (κ3) is 5.04. The van der Waals surface area contributed by atoms with Crippen LogP contribution < -0.4 is 0 Å². The molecule has 5 heteroatoms. The molecule has 1 fully saturated rings. The van der Waals surface area contributed by atoms with Crippen molar-refractivity contribution in [2.24, 2.45) is 0 Å². The van der Waals surface area contributed by atoms with Crippen molar-refractivity contribution in [3.05, 3.63) is 0 Å². The lowest BCUT2D eigenvalue weighted by Gasteiger charge is -2.29. The van der Waals surface area contributed by atoms with Crippen LogP contribution in [0.1, 0.15) is 32.6 Å². The molecule has 0 aliphatic carbocycles. The molecule has 0 unspecified atom stereocenters. The summed E-state index contributed by atoms with van der Waals surface area (Å²) < 4.78 is 4.61. The second-order valence-corrected chi connectivity index (χ2v) is 4.64. The van der Waals surface area contributed by atoms with Gasteiger partial charge in [0.05, 0.1) is 20.1 Å². The third-order valence-electron chi connectivity index (χ3n) is 3.37. The van der Waals surface area contributed by atoms with Gasteiger partial charge < -0.3 is 9.64 Å². The summed E-state index contributed by atoms with van der Waals surface area (Å²) in [7, 11) is 1.39. The van der Waals surface area contributed by atoms with Crippen molar-refractivity contribution in [2.45, 2.75) is 32.6 Å². The van der Waals surface area contributed by atoms with Crippen molar-refractivity contribution in [3.8, 4) is 0 Å². The average Bonchev–Trinajstić information content (AvgIpc) is 2.43. The number of piperidine rings is 1. The number of likely N-dealkylation sites (tertiary alicyclic amines) is 1. The van der Waals surface area contributed by atoms with Crippen LogP contribution in [0, 0.1) is 0 Å². The smallest absolute Gasteiger partial charge is 0.306 e. The number of rotatable bonds is 6. The Morgan fingerprint density at radius 1 is 1.22 bits per heavy atom. The minimum Gasteiger partial charge on any atom is -0.469 e. The molecular weight excluding hydrogens is 232 g/mol. The van der Waals surface area contributed by atoms with E-state index in [1.807, 2.05) is 16.7 Å². The molecule has 1 heterocycles. The van der Waals surface area contributed by atoms with E-state index in [9.17, 15) is 9.59 Å². The zero-order chi connectivity index (χ0) is 13.4. The first-order valence-electron chi connectivity index (χ1n) is 6.74. The minimum absolute atomic E-state index is 0.182. The Morgan fingerprint density at radius 3 is 2.44 bits per heavy atom. The molecule has 0 aromatic heterocycles. The number of esters is 1. The summed E-state index contributed by atoms with van der Waals surface area (Å²) in [5.41, 5.74) is 0. The molecule has 1 aliphatic heterocycles. The van der Waals surface area contributed by atoms with E-state index in [2.05, 4.69) is 4.74 Å². The van der Waals surface area contributed by atoms with Gasteiger partial charge >= 0.3 is 5.97 Å². The Hall–Kier alpha value is -1.10. The third-order valence-corrected chi connectivity index (χ3v) is 3.37. The van der Waals surface area contributed by atoms with Crippen LogP contribution in [0.15, 0.2) is 0 Å². The second-order valence-electron chi connectivity index (χ2n) is 4.64. The van der Waals surface area contributed by atoms with E-state index in [1.165, 1.54) is 13.5 Å². The van der Waals surface area contributed by atoms with Crippen LogP contribution >= 0.6 is 0 Å². The van der Waals surface area contributed by atoms with Gasteiger partial charge in [0.25, 0.3) is 0 Å². The summed E-state index contributed by atoms with van der Waals surface area (Å²) in [4.78, 5) is 27.1. The first-order valence-corrected chi connectivity index (χ1v) is 6.74. The molecule has 0 aromatic carbocycles. The zero-order valence-electron chi connectivity index (χ0n) is 11.5. The summed E-state index contributed by atoms with van der Waals surface area (Å²) in [5, 5.41) is 0. The molecule has 18 heavy (non-hydrogen) atoms. The van der Waals surface area contributed by atoms with Crippen molar-refractivity contribution >= 4 is 11.9 Å². The summed E-state index contributed by atoms with van der Waals surface area (Å²) in [6, 6.07) is 0. The number of nitrogens with zero attached hydrogens (tertiary/aromatic N) is 2. The lowest BCUT2D eigenvalue weighted by Crippen LogP contribution is -2.43. The van der Waals surface area contributed by atoms with E-state index < -0.39 is 0 Å². The lowest BCUT2D eigenvalue weighted by molar-refractivity contribution is -0.141. The molecule has 0 aromatic rings. The summed E-state index contributed by atoms with van der Waals surface area (Å²) in [6.45, 7) is 5.54. The predicted molar refractivity (Wildman–Crippen MR) is 69.2 cm³/mol. The van der Waals surface area contributed by atoms with Crippen molar-refractivity contribution in [1.82, 2.24) is 9.80 Å². The van der Waals surface area contributed by atoms with Crippen molar-refractivity contribution in [3.63, 3.8) is 0 Å². The molecule has 104 valence electrons. The normalized spacial score (nSPS) is 15.8. The number of methoxy groups -OCH3 is 1. The van der Waals surface area contributed by atoms with Gasteiger partial charge in [0.15, 0.2) is 0 Å². The number of hydrogen-bond acceptors (Lipinski definition) is 4. The fraction of sp³-hybridized carbons (Fsp3) is 0.846. The highest BCUT2D eigenvalue weighted by Crippen LogP contribution is 2.09. The van der Waals surface area contributed by atoms with E-state index in [1.54, 1.807) is 0 Å². The van der Waals surface area contributed by atoms with Crippen LogP contribution in [-0.4, -0.2) is 61.5 Å². The topological polar surface area (TPSA) is 49.9 Å². The fourth-order valence-electron chi connectivity index (χ4n) is 2.14. The minimum atomic E-state index is -0.223. The molecule has 0 atom stereocenters. The average molecular weight is 256 g/mol. The SMILES string of the molecule is CCN(CCC(=O)OC)CC(=O)N1CCCCC1. The quantitative estimate of drug-likeness (QED) is 0.662. The largest absolute Gasteiger partial charge is 0.469 e. The molecule has 1 aliphatic rings. The number of ether oxygens (including phenoxy) is 1. The highest BCUT2D eigenvalue weighted by atomic mass is 16.5. The van der Waals surface area contributed by atoms with Gasteiger partial charge in [-0.3, -0.25) is 14.5 Å². The molecule has 5 nitrogen and oxygen atoms in total. The Bertz CT molecular complexity index is 275. The monoisotopic (exact) mass is 256 g/mol. The Kier molecular flexibility index (Phi) is 6.72. The van der Waals surface area contributed by atoms with Crippen molar-refractivity contribution in [2.75, 3.05) is 39.8 Å². The van der Waals surface area contributed by atoms with Gasteiger partial charge in [-0.2, -0.15) is 0 Å². The second kappa shape index (κ2) is 8.08. The summed E-state index contributed by atoms with van der Waals surface area (Å²) in [5.74, 6) is -0.0414. The maximum absolute atomic E-state index is 12.0. The van der Waals surface area contributed by atoms with E-state index >= 15 is 0 Å². The molecule has 1 amide bonds. The summed E-state index contributed by atoms with van der Waals surface area (Å²) in [6.07, 6.45) is 3.79. The molecule has 0 radical (unpaired) electrons. The maximum atomic E-state index is 12.0. The van der Waals surface area contributed by atoms with Gasteiger partial charge in [0, 0.05) is 19.6 Å².